The normalized spacial score (nSPS) is 22.9. The third kappa shape index (κ3) is 2.82. The van der Waals surface area contributed by atoms with E-state index >= 15 is 0 Å². The molecule has 0 aliphatic carbocycles. The van der Waals surface area contributed by atoms with Crippen LogP contribution in [0.5, 0.6) is 0 Å². The summed E-state index contributed by atoms with van der Waals surface area (Å²) >= 11 is 0. The van der Waals surface area contributed by atoms with Crippen molar-refractivity contribution in [2.45, 2.75) is 32.4 Å². The molecule has 0 radical (unpaired) electrons. The van der Waals surface area contributed by atoms with Crippen molar-refractivity contribution >= 4 is 11.6 Å². The number of anilines is 1. The van der Waals surface area contributed by atoms with Crippen LogP contribution in [0.25, 0.3) is 0 Å². The zero-order valence-corrected chi connectivity index (χ0v) is 10.7. The molecule has 1 aliphatic heterocycles. The van der Waals surface area contributed by atoms with Gasteiger partial charge in [-0.25, -0.2) is 0 Å². The van der Waals surface area contributed by atoms with Crippen molar-refractivity contribution in [3.8, 4) is 0 Å². The Morgan fingerprint density at radius 2 is 2.28 bits per heavy atom. The standard InChI is InChI=1S/C14H20N2O2/c1-2-13-11(7-8-18-13)14(17)16-9-10-5-3-4-6-12(10)15/h3-6,11,13H,2,7-9,15H2,1H3,(H,16,17). The van der Waals surface area contributed by atoms with Gasteiger partial charge in [0.1, 0.15) is 0 Å². The van der Waals surface area contributed by atoms with E-state index in [1.165, 1.54) is 0 Å². The summed E-state index contributed by atoms with van der Waals surface area (Å²) in [5.74, 6) is 0.0579. The number of carbonyl (C=O) groups excluding carboxylic acids is 1. The van der Waals surface area contributed by atoms with Gasteiger partial charge in [-0.15, -0.1) is 0 Å². The Hall–Kier alpha value is -1.55. The monoisotopic (exact) mass is 248 g/mol. The Morgan fingerprint density at radius 3 is 3.00 bits per heavy atom. The summed E-state index contributed by atoms with van der Waals surface area (Å²) < 4.78 is 5.53. The fourth-order valence-electron chi connectivity index (χ4n) is 2.36. The highest BCUT2D eigenvalue weighted by atomic mass is 16.5. The molecule has 0 bridgehead atoms. The molecule has 1 heterocycles. The summed E-state index contributed by atoms with van der Waals surface area (Å²) in [4.78, 5) is 12.1. The van der Waals surface area contributed by atoms with E-state index in [1.807, 2.05) is 31.2 Å². The first kappa shape index (κ1) is 12.9. The number of amides is 1. The lowest BCUT2D eigenvalue weighted by molar-refractivity contribution is -0.126. The van der Waals surface area contributed by atoms with E-state index in [2.05, 4.69) is 5.32 Å². The Labute approximate surface area is 108 Å². The first-order valence-electron chi connectivity index (χ1n) is 6.45. The molecule has 18 heavy (non-hydrogen) atoms. The van der Waals surface area contributed by atoms with Gasteiger partial charge in [-0.2, -0.15) is 0 Å². The molecule has 0 spiro atoms. The van der Waals surface area contributed by atoms with E-state index in [1.54, 1.807) is 0 Å². The summed E-state index contributed by atoms with van der Waals surface area (Å²) in [6.07, 6.45) is 1.76. The molecule has 1 amide bonds. The van der Waals surface area contributed by atoms with Gasteiger partial charge >= 0.3 is 0 Å². The first-order valence-corrected chi connectivity index (χ1v) is 6.45. The van der Waals surface area contributed by atoms with Gasteiger partial charge in [0.25, 0.3) is 0 Å². The number of ether oxygens (including phenoxy) is 1. The van der Waals surface area contributed by atoms with Crippen LogP contribution in [0.1, 0.15) is 25.3 Å². The quantitative estimate of drug-likeness (QED) is 0.797. The highest BCUT2D eigenvalue weighted by molar-refractivity contribution is 5.79. The number of carbonyl (C=O) groups is 1. The summed E-state index contributed by atoms with van der Waals surface area (Å²) in [6.45, 7) is 3.22. The minimum absolute atomic E-state index is 0.0139. The molecule has 0 saturated carbocycles. The van der Waals surface area contributed by atoms with Gasteiger partial charge in [-0.1, -0.05) is 25.1 Å². The Kier molecular flexibility index (Phi) is 4.20. The number of para-hydroxylation sites is 1. The third-order valence-electron chi connectivity index (χ3n) is 3.46. The molecule has 2 atom stereocenters. The molecule has 1 saturated heterocycles. The maximum Gasteiger partial charge on any atom is 0.226 e. The third-order valence-corrected chi connectivity index (χ3v) is 3.46. The zero-order valence-electron chi connectivity index (χ0n) is 10.7. The van der Waals surface area contributed by atoms with Crippen LogP contribution in [0.15, 0.2) is 24.3 Å². The van der Waals surface area contributed by atoms with E-state index in [9.17, 15) is 4.79 Å². The number of hydrogen-bond acceptors (Lipinski definition) is 3. The lowest BCUT2D eigenvalue weighted by atomic mass is 9.98. The molecular weight excluding hydrogens is 228 g/mol. The van der Waals surface area contributed by atoms with Crippen LogP contribution in [0.4, 0.5) is 5.69 Å². The topological polar surface area (TPSA) is 64.3 Å². The number of benzene rings is 1. The van der Waals surface area contributed by atoms with E-state index in [0.717, 1.165) is 18.4 Å². The maximum atomic E-state index is 12.1. The SMILES string of the molecule is CCC1OCCC1C(=O)NCc1ccccc1N. The van der Waals surface area contributed by atoms with Gasteiger partial charge in [0.2, 0.25) is 5.91 Å². The summed E-state index contributed by atoms with van der Waals surface area (Å²) in [7, 11) is 0. The number of nitrogens with two attached hydrogens (primary N) is 1. The predicted octanol–water partition coefficient (Wildman–Crippen LogP) is 1.70. The van der Waals surface area contributed by atoms with Gasteiger partial charge in [-0.3, -0.25) is 4.79 Å². The van der Waals surface area contributed by atoms with Crippen molar-refractivity contribution in [3.63, 3.8) is 0 Å². The predicted molar refractivity (Wildman–Crippen MR) is 70.8 cm³/mol. The van der Waals surface area contributed by atoms with Crippen LogP contribution in [0.3, 0.4) is 0 Å². The van der Waals surface area contributed by atoms with Crippen LogP contribution in [-0.2, 0) is 16.1 Å². The highest BCUT2D eigenvalue weighted by Gasteiger charge is 2.32. The van der Waals surface area contributed by atoms with Crippen LogP contribution in [0.2, 0.25) is 0 Å². The second kappa shape index (κ2) is 5.87. The highest BCUT2D eigenvalue weighted by Crippen LogP contribution is 2.23. The number of nitrogens with one attached hydrogen (secondary N) is 1. The molecule has 2 unspecified atom stereocenters. The molecule has 4 heteroatoms. The number of rotatable bonds is 4. The molecule has 4 nitrogen and oxygen atoms in total. The molecule has 0 aromatic heterocycles. The van der Waals surface area contributed by atoms with Crippen molar-refractivity contribution in [3.05, 3.63) is 29.8 Å². The fourth-order valence-corrected chi connectivity index (χ4v) is 2.36. The molecular formula is C14H20N2O2. The Balaban J connectivity index is 1.90. The minimum Gasteiger partial charge on any atom is -0.398 e. The average molecular weight is 248 g/mol. The molecule has 1 fully saturated rings. The van der Waals surface area contributed by atoms with Crippen molar-refractivity contribution in [1.82, 2.24) is 5.32 Å². The number of hydrogen-bond donors (Lipinski definition) is 2. The smallest absolute Gasteiger partial charge is 0.226 e. The van der Waals surface area contributed by atoms with Gasteiger partial charge in [0.15, 0.2) is 0 Å². The summed E-state index contributed by atoms with van der Waals surface area (Å²) in [5, 5.41) is 2.95. The van der Waals surface area contributed by atoms with E-state index < -0.39 is 0 Å². The zero-order chi connectivity index (χ0) is 13.0. The first-order chi connectivity index (χ1) is 8.72. The Morgan fingerprint density at radius 1 is 1.50 bits per heavy atom. The van der Waals surface area contributed by atoms with Gasteiger partial charge < -0.3 is 15.8 Å². The van der Waals surface area contributed by atoms with Crippen LogP contribution < -0.4 is 11.1 Å². The molecule has 2 rings (SSSR count). The van der Waals surface area contributed by atoms with Crippen molar-refractivity contribution in [1.29, 1.82) is 0 Å². The van der Waals surface area contributed by atoms with Gasteiger partial charge in [0, 0.05) is 18.8 Å². The van der Waals surface area contributed by atoms with E-state index in [-0.39, 0.29) is 17.9 Å². The van der Waals surface area contributed by atoms with Crippen LogP contribution in [0, 0.1) is 5.92 Å². The average Bonchev–Trinajstić information content (AvgIpc) is 2.86. The van der Waals surface area contributed by atoms with Crippen molar-refractivity contribution in [2.75, 3.05) is 12.3 Å². The van der Waals surface area contributed by atoms with Crippen LogP contribution in [-0.4, -0.2) is 18.6 Å². The second-order valence-corrected chi connectivity index (χ2v) is 4.63. The second-order valence-electron chi connectivity index (χ2n) is 4.63. The van der Waals surface area contributed by atoms with Gasteiger partial charge in [0.05, 0.1) is 12.0 Å². The van der Waals surface area contributed by atoms with Crippen molar-refractivity contribution < 1.29 is 9.53 Å². The number of nitrogen functional groups attached to an aromatic ring is 1. The molecule has 1 aromatic rings. The fraction of sp³-hybridized carbons (Fsp3) is 0.500. The van der Waals surface area contributed by atoms with Crippen molar-refractivity contribution in [2.24, 2.45) is 5.92 Å². The van der Waals surface area contributed by atoms with E-state index in [0.29, 0.717) is 18.8 Å². The Bertz CT molecular complexity index is 420. The largest absolute Gasteiger partial charge is 0.398 e. The molecule has 1 aliphatic rings. The van der Waals surface area contributed by atoms with Gasteiger partial charge in [-0.05, 0) is 24.5 Å². The van der Waals surface area contributed by atoms with E-state index in [4.69, 9.17) is 10.5 Å². The lowest BCUT2D eigenvalue weighted by Gasteiger charge is -2.16. The summed E-state index contributed by atoms with van der Waals surface area (Å²) in [5.41, 5.74) is 7.51. The van der Waals surface area contributed by atoms with Crippen LogP contribution >= 0.6 is 0 Å². The summed E-state index contributed by atoms with van der Waals surface area (Å²) in [6, 6.07) is 7.58. The molecule has 3 N–H and O–H groups in total. The molecule has 98 valence electrons. The minimum atomic E-state index is -0.0139. The maximum absolute atomic E-state index is 12.1. The lowest BCUT2D eigenvalue weighted by Crippen LogP contribution is -2.34. The molecule has 1 aromatic carbocycles.